The van der Waals surface area contributed by atoms with Gasteiger partial charge < -0.3 is 4.90 Å². The van der Waals surface area contributed by atoms with Gasteiger partial charge in [0.25, 0.3) is 5.91 Å². The summed E-state index contributed by atoms with van der Waals surface area (Å²) in [6.07, 6.45) is 4.56. The van der Waals surface area contributed by atoms with E-state index >= 15 is 0 Å². The smallest absolute Gasteiger partial charge is 0.281 e. The number of carbonyl (C=O) groups is 1. The van der Waals surface area contributed by atoms with Crippen molar-refractivity contribution in [1.82, 2.24) is 4.98 Å². The van der Waals surface area contributed by atoms with Crippen molar-refractivity contribution in [2.45, 2.75) is 24.2 Å². The molecule has 4 rings (SSSR count). The number of fused-ring (bicyclic) bond motifs is 1. The first-order valence-corrected chi connectivity index (χ1v) is 12.9. The Morgan fingerprint density at radius 2 is 1.90 bits per heavy atom. The molecule has 0 saturated carbocycles. The number of piperidine rings is 1. The van der Waals surface area contributed by atoms with Crippen LogP contribution in [0.25, 0.3) is 10.2 Å². The van der Waals surface area contributed by atoms with Crippen LogP contribution in [0, 0.1) is 5.92 Å². The lowest BCUT2D eigenvalue weighted by molar-refractivity contribution is -0.898. The van der Waals surface area contributed by atoms with Crippen LogP contribution < -0.4 is 10.2 Å². The summed E-state index contributed by atoms with van der Waals surface area (Å²) in [5.74, 6) is 0.640. The zero-order chi connectivity index (χ0) is 21.1. The summed E-state index contributed by atoms with van der Waals surface area (Å²) in [5, 5.41) is 3.40. The van der Waals surface area contributed by atoms with E-state index in [0.717, 1.165) is 37.1 Å². The van der Waals surface area contributed by atoms with Gasteiger partial charge >= 0.3 is 0 Å². The molecular weight excluding hydrogens is 418 g/mol. The van der Waals surface area contributed by atoms with Crippen molar-refractivity contribution in [2.24, 2.45) is 5.92 Å². The number of hydrogen-bond acceptors (Lipinski definition) is 5. The second-order valence-electron chi connectivity index (χ2n) is 8.03. The molecule has 2 heterocycles. The van der Waals surface area contributed by atoms with E-state index in [9.17, 15) is 13.2 Å². The van der Waals surface area contributed by atoms with E-state index in [-0.39, 0.29) is 10.8 Å². The third kappa shape index (κ3) is 5.24. The number of thiazole rings is 1. The van der Waals surface area contributed by atoms with E-state index in [1.807, 2.05) is 6.07 Å². The molecule has 6 nitrogen and oxygen atoms in total. The molecule has 0 radical (unpaired) electrons. The standard InChI is InChI=1S/C22H25N3O3S2/c1-30(27,28)18-7-8-19-20(14-18)29-22(23-19)24-21(26)15-25-11-9-17(10-12-25)13-16-5-3-2-4-6-16/h2-8,14,17H,9-13,15H2,1H3,(H,23,24,26)/p+1. The lowest BCUT2D eigenvalue weighted by Crippen LogP contribution is -3.14. The molecule has 0 aliphatic carbocycles. The van der Waals surface area contributed by atoms with Crippen LogP contribution in [-0.2, 0) is 21.1 Å². The quantitative estimate of drug-likeness (QED) is 0.611. The van der Waals surface area contributed by atoms with Gasteiger partial charge in [-0.1, -0.05) is 41.7 Å². The molecule has 0 bridgehead atoms. The van der Waals surface area contributed by atoms with Gasteiger partial charge in [-0.15, -0.1) is 0 Å². The highest BCUT2D eigenvalue weighted by atomic mass is 32.2. The molecule has 2 N–H and O–H groups in total. The molecule has 8 heteroatoms. The van der Waals surface area contributed by atoms with Crippen molar-refractivity contribution >= 4 is 42.4 Å². The van der Waals surface area contributed by atoms with Crippen LogP contribution in [0.15, 0.2) is 53.4 Å². The number of likely N-dealkylation sites (tertiary alicyclic amines) is 1. The highest BCUT2D eigenvalue weighted by Crippen LogP contribution is 2.28. The van der Waals surface area contributed by atoms with Crippen LogP contribution in [-0.4, -0.2) is 45.2 Å². The number of quaternary nitrogens is 1. The summed E-state index contributed by atoms with van der Waals surface area (Å²) in [6, 6.07) is 15.4. The zero-order valence-electron chi connectivity index (χ0n) is 16.9. The minimum absolute atomic E-state index is 0.0473. The highest BCUT2D eigenvalue weighted by molar-refractivity contribution is 7.90. The van der Waals surface area contributed by atoms with Gasteiger partial charge in [-0.2, -0.15) is 0 Å². The maximum atomic E-state index is 12.5. The Labute approximate surface area is 180 Å². The van der Waals surface area contributed by atoms with Crippen LogP contribution in [0.5, 0.6) is 0 Å². The molecule has 3 aromatic rings. The summed E-state index contributed by atoms with van der Waals surface area (Å²) >= 11 is 1.30. The van der Waals surface area contributed by atoms with E-state index < -0.39 is 9.84 Å². The fraction of sp³-hybridized carbons (Fsp3) is 0.364. The Balaban J connectivity index is 1.30. The number of nitrogens with zero attached hydrogens (tertiary/aromatic N) is 1. The highest BCUT2D eigenvalue weighted by Gasteiger charge is 2.24. The second kappa shape index (κ2) is 8.83. The van der Waals surface area contributed by atoms with Gasteiger partial charge in [0.2, 0.25) is 0 Å². The molecule has 0 spiro atoms. The van der Waals surface area contributed by atoms with Crippen LogP contribution in [0.4, 0.5) is 5.13 Å². The molecule has 2 aromatic carbocycles. The third-order valence-electron chi connectivity index (χ3n) is 5.62. The van der Waals surface area contributed by atoms with Crippen molar-refractivity contribution < 1.29 is 18.1 Å². The average Bonchev–Trinajstić information content (AvgIpc) is 3.11. The molecule has 0 atom stereocenters. The lowest BCUT2D eigenvalue weighted by Gasteiger charge is -2.28. The second-order valence-corrected chi connectivity index (χ2v) is 11.1. The molecule has 1 aromatic heterocycles. The van der Waals surface area contributed by atoms with Crippen molar-refractivity contribution in [3.8, 4) is 0 Å². The van der Waals surface area contributed by atoms with E-state index in [1.54, 1.807) is 18.2 Å². The summed E-state index contributed by atoms with van der Waals surface area (Å²) in [4.78, 5) is 18.5. The lowest BCUT2D eigenvalue weighted by atomic mass is 9.90. The van der Waals surface area contributed by atoms with Gasteiger partial charge in [0, 0.05) is 6.26 Å². The molecule has 158 valence electrons. The predicted molar refractivity (Wildman–Crippen MR) is 120 cm³/mol. The number of anilines is 1. The van der Waals surface area contributed by atoms with Crippen LogP contribution in [0.2, 0.25) is 0 Å². The number of amides is 1. The zero-order valence-corrected chi connectivity index (χ0v) is 18.6. The number of sulfone groups is 1. The van der Waals surface area contributed by atoms with Crippen LogP contribution in [0.3, 0.4) is 0 Å². The van der Waals surface area contributed by atoms with Crippen LogP contribution in [0.1, 0.15) is 18.4 Å². The fourth-order valence-corrected chi connectivity index (χ4v) is 5.64. The van der Waals surface area contributed by atoms with Gasteiger partial charge in [-0.05, 0) is 48.9 Å². The summed E-state index contributed by atoms with van der Waals surface area (Å²) in [5.41, 5.74) is 2.08. The van der Waals surface area contributed by atoms with Crippen molar-refractivity contribution in [2.75, 3.05) is 31.2 Å². The van der Waals surface area contributed by atoms with Gasteiger partial charge in [0.05, 0.1) is 28.2 Å². The first-order valence-electron chi connectivity index (χ1n) is 10.1. The Morgan fingerprint density at radius 1 is 1.17 bits per heavy atom. The first-order chi connectivity index (χ1) is 14.4. The number of rotatable bonds is 6. The predicted octanol–water partition coefficient (Wildman–Crippen LogP) is 2.18. The Bertz CT molecular complexity index is 1130. The SMILES string of the molecule is CS(=O)(=O)c1ccc2nc(NC(=O)C[NH+]3CCC(Cc4ccccc4)CC3)sc2c1. The van der Waals surface area contributed by atoms with E-state index in [1.165, 1.54) is 28.1 Å². The van der Waals surface area contributed by atoms with Gasteiger partial charge in [0.1, 0.15) is 0 Å². The average molecular weight is 445 g/mol. The number of nitrogens with one attached hydrogen (secondary N) is 2. The number of benzene rings is 2. The van der Waals surface area contributed by atoms with E-state index in [0.29, 0.717) is 23.1 Å². The maximum absolute atomic E-state index is 12.5. The van der Waals surface area contributed by atoms with E-state index in [2.05, 4.69) is 34.6 Å². The molecular formula is C22H26N3O3S2+. The van der Waals surface area contributed by atoms with E-state index in [4.69, 9.17) is 0 Å². The van der Waals surface area contributed by atoms with Crippen LogP contribution >= 0.6 is 11.3 Å². The molecule has 1 amide bonds. The Kier molecular flexibility index (Phi) is 6.17. The molecule has 1 aliphatic heterocycles. The van der Waals surface area contributed by atoms with Gasteiger partial charge in [0.15, 0.2) is 21.5 Å². The summed E-state index contributed by atoms with van der Waals surface area (Å²) < 4.78 is 24.2. The summed E-state index contributed by atoms with van der Waals surface area (Å²) in [6.45, 7) is 2.44. The Hall–Kier alpha value is -2.29. The number of hydrogen-bond donors (Lipinski definition) is 2. The number of aromatic nitrogens is 1. The third-order valence-corrected chi connectivity index (χ3v) is 7.67. The van der Waals surface area contributed by atoms with Crippen molar-refractivity contribution in [3.63, 3.8) is 0 Å². The monoisotopic (exact) mass is 444 g/mol. The van der Waals surface area contributed by atoms with Crippen molar-refractivity contribution in [1.29, 1.82) is 0 Å². The van der Waals surface area contributed by atoms with Gasteiger partial charge in [-0.25, -0.2) is 13.4 Å². The summed E-state index contributed by atoms with van der Waals surface area (Å²) in [7, 11) is -3.26. The first kappa shape index (κ1) is 21.0. The molecule has 1 aliphatic rings. The molecule has 30 heavy (non-hydrogen) atoms. The fourth-order valence-electron chi connectivity index (χ4n) is 3.99. The largest absolute Gasteiger partial charge is 0.327 e. The van der Waals surface area contributed by atoms with Crippen molar-refractivity contribution in [3.05, 3.63) is 54.1 Å². The number of carbonyl (C=O) groups excluding carboxylic acids is 1. The van der Waals surface area contributed by atoms with Gasteiger partial charge in [-0.3, -0.25) is 10.1 Å². The Morgan fingerprint density at radius 3 is 2.60 bits per heavy atom. The maximum Gasteiger partial charge on any atom is 0.281 e. The molecule has 1 saturated heterocycles. The minimum atomic E-state index is -3.26. The normalized spacial score (nSPS) is 19.6. The molecule has 1 fully saturated rings. The molecule has 0 unspecified atom stereocenters. The topological polar surface area (TPSA) is 80.6 Å². The minimum Gasteiger partial charge on any atom is -0.327 e.